The summed E-state index contributed by atoms with van der Waals surface area (Å²) in [4.78, 5) is 28.6. The molecule has 3 aromatic carbocycles. The highest BCUT2D eigenvalue weighted by Crippen LogP contribution is 2.35. The van der Waals surface area contributed by atoms with Crippen molar-refractivity contribution >= 4 is 17.6 Å². The topological polar surface area (TPSA) is 80.3 Å². The first-order valence-corrected chi connectivity index (χ1v) is 11.6. The number of urea groups is 1. The Bertz CT molecular complexity index is 1180. The van der Waals surface area contributed by atoms with Crippen molar-refractivity contribution in [3.8, 4) is 17.2 Å². The van der Waals surface area contributed by atoms with Crippen LogP contribution in [0.1, 0.15) is 11.1 Å². The van der Waals surface area contributed by atoms with E-state index in [2.05, 4.69) is 5.32 Å². The van der Waals surface area contributed by atoms with Crippen LogP contribution in [-0.4, -0.2) is 49.7 Å². The number of rotatable bonds is 8. The molecule has 5 rings (SSSR count). The second kappa shape index (κ2) is 10.4. The summed E-state index contributed by atoms with van der Waals surface area (Å²) in [6, 6.07) is 22.9. The lowest BCUT2D eigenvalue weighted by atomic mass is 10.2. The second-order valence-corrected chi connectivity index (χ2v) is 8.38. The third kappa shape index (κ3) is 5.48. The average Bonchev–Trinajstić information content (AvgIpc) is 3.26. The van der Waals surface area contributed by atoms with Gasteiger partial charge < -0.3 is 24.4 Å². The van der Waals surface area contributed by atoms with Crippen LogP contribution in [0.3, 0.4) is 0 Å². The van der Waals surface area contributed by atoms with Gasteiger partial charge >= 0.3 is 6.03 Å². The maximum absolute atomic E-state index is 12.9. The number of anilines is 1. The Kier molecular flexibility index (Phi) is 6.70. The molecular formula is C27H27N3O5. The van der Waals surface area contributed by atoms with Gasteiger partial charge in [0.05, 0.1) is 0 Å². The summed E-state index contributed by atoms with van der Waals surface area (Å²) in [6.45, 7) is 2.89. The van der Waals surface area contributed by atoms with Crippen molar-refractivity contribution in [1.29, 1.82) is 0 Å². The zero-order valence-electron chi connectivity index (χ0n) is 19.3. The third-order valence-electron chi connectivity index (χ3n) is 5.93. The summed E-state index contributed by atoms with van der Waals surface area (Å²) in [5.41, 5.74) is 2.79. The molecule has 2 heterocycles. The number of benzene rings is 3. The average molecular weight is 474 g/mol. The molecular weight excluding hydrogens is 446 g/mol. The van der Waals surface area contributed by atoms with Gasteiger partial charge in [-0.25, -0.2) is 4.79 Å². The van der Waals surface area contributed by atoms with E-state index >= 15 is 0 Å². The summed E-state index contributed by atoms with van der Waals surface area (Å²) in [6.07, 6.45) is 0. The molecule has 0 aromatic heterocycles. The standard InChI is InChI=1S/C27H27N3O5/c31-26(28-17-20-6-9-23(10-7-20)35-19-21-4-2-1-3-5-21)18-29-12-13-30(27(29)32)22-8-11-24-25(16-22)34-15-14-33-24/h1-11,16H,12-15,17-19H2,(H,28,31). The first-order valence-electron chi connectivity index (χ1n) is 11.6. The van der Waals surface area contributed by atoms with E-state index in [4.69, 9.17) is 14.2 Å². The van der Waals surface area contributed by atoms with E-state index in [1.54, 1.807) is 9.80 Å². The third-order valence-corrected chi connectivity index (χ3v) is 5.93. The summed E-state index contributed by atoms with van der Waals surface area (Å²) in [5, 5.41) is 2.89. The molecule has 3 aromatic rings. The van der Waals surface area contributed by atoms with Crippen molar-refractivity contribution < 1.29 is 23.8 Å². The van der Waals surface area contributed by atoms with Crippen LogP contribution in [0.4, 0.5) is 10.5 Å². The molecule has 0 unspecified atom stereocenters. The van der Waals surface area contributed by atoms with E-state index in [0.29, 0.717) is 51.0 Å². The number of carbonyl (C=O) groups is 2. The number of amides is 3. The van der Waals surface area contributed by atoms with Gasteiger partial charge in [-0.2, -0.15) is 0 Å². The van der Waals surface area contributed by atoms with Crippen LogP contribution in [0.25, 0.3) is 0 Å². The van der Waals surface area contributed by atoms with Crippen molar-refractivity contribution in [3.63, 3.8) is 0 Å². The van der Waals surface area contributed by atoms with Crippen molar-refractivity contribution in [2.45, 2.75) is 13.2 Å². The summed E-state index contributed by atoms with van der Waals surface area (Å²) in [5.74, 6) is 1.88. The van der Waals surface area contributed by atoms with Gasteiger partial charge in [0.1, 0.15) is 32.1 Å². The number of fused-ring (bicyclic) bond motifs is 1. The van der Waals surface area contributed by atoms with Crippen molar-refractivity contribution in [3.05, 3.63) is 83.9 Å². The Morgan fingerprint density at radius 1 is 0.886 bits per heavy atom. The molecule has 1 saturated heterocycles. The number of nitrogens with zero attached hydrogens (tertiary/aromatic N) is 2. The normalized spacial score (nSPS) is 14.7. The molecule has 1 fully saturated rings. The SMILES string of the molecule is O=C(CN1CCN(c2ccc3c(c2)OCCO3)C1=O)NCc1ccc(OCc2ccccc2)cc1. The van der Waals surface area contributed by atoms with Crippen LogP contribution in [-0.2, 0) is 17.9 Å². The van der Waals surface area contributed by atoms with E-state index in [1.807, 2.05) is 72.8 Å². The Balaban J connectivity index is 1.09. The van der Waals surface area contributed by atoms with Crippen LogP contribution >= 0.6 is 0 Å². The fourth-order valence-electron chi connectivity index (χ4n) is 4.04. The fourth-order valence-corrected chi connectivity index (χ4v) is 4.04. The van der Waals surface area contributed by atoms with E-state index in [9.17, 15) is 9.59 Å². The van der Waals surface area contributed by atoms with Gasteiger partial charge in [-0.3, -0.25) is 9.69 Å². The predicted octanol–water partition coefficient (Wildman–Crippen LogP) is 3.60. The highest BCUT2D eigenvalue weighted by molar-refractivity contribution is 5.96. The van der Waals surface area contributed by atoms with Gasteiger partial charge in [-0.1, -0.05) is 42.5 Å². The number of carbonyl (C=O) groups excluding carboxylic acids is 2. The van der Waals surface area contributed by atoms with Gasteiger partial charge in [-0.15, -0.1) is 0 Å². The quantitative estimate of drug-likeness (QED) is 0.541. The molecule has 8 heteroatoms. The van der Waals surface area contributed by atoms with Crippen LogP contribution in [0.5, 0.6) is 17.2 Å². The van der Waals surface area contributed by atoms with Gasteiger partial charge in [0.25, 0.3) is 0 Å². The molecule has 3 amide bonds. The second-order valence-electron chi connectivity index (χ2n) is 8.38. The molecule has 0 saturated carbocycles. The van der Waals surface area contributed by atoms with E-state index < -0.39 is 0 Å². The molecule has 2 aliphatic rings. The predicted molar refractivity (Wildman–Crippen MR) is 131 cm³/mol. The lowest BCUT2D eigenvalue weighted by Crippen LogP contribution is -2.39. The summed E-state index contributed by atoms with van der Waals surface area (Å²) >= 11 is 0. The van der Waals surface area contributed by atoms with E-state index in [0.717, 1.165) is 22.6 Å². The van der Waals surface area contributed by atoms with Gasteiger partial charge in [0.2, 0.25) is 5.91 Å². The molecule has 0 atom stereocenters. The van der Waals surface area contributed by atoms with Crippen molar-refractivity contribution in [2.24, 2.45) is 0 Å². The first-order chi connectivity index (χ1) is 17.2. The highest BCUT2D eigenvalue weighted by atomic mass is 16.6. The molecule has 35 heavy (non-hydrogen) atoms. The van der Waals surface area contributed by atoms with Gasteiger partial charge in [0, 0.05) is 31.4 Å². The molecule has 2 aliphatic heterocycles. The largest absolute Gasteiger partial charge is 0.489 e. The highest BCUT2D eigenvalue weighted by Gasteiger charge is 2.31. The molecule has 0 bridgehead atoms. The smallest absolute Gasteiger partial charge is 0.325 e. The molecule has 0 radical (unpaired) electrons. The Labute approximate surface area is 204 Å². The minimum absolute atomic E-state index is 0.0121. The fraction of sp³-hybridized carbons (Fsp3) is 0.259. The minimum atomic E-state index is -0.202. The van der Waals surface area contributed by atoms with E-state index in [1.165, 1.54) is 0 Å². The zero-order chi connectivity index (χ0) is 24.0. The number of hydrogen-bond donors (Lipinski definition) is 1. The van der Waals surface area contributed by atoms with Crippen LogP contribution in [0.15, 0.2) is 72.8 Å². The lowest BCUT2D eigenvalue weighted by molar-refractivity contribution is -0.121. The molecule has 180 valence electrons. The monoisotopic (exact) mass is 473 g/mol. The zero-order valence-corrected chi connectivity index (χ0v) is 19.3. The van der Waals surface area contributed by atoms with Crippen molar-refractivity contribution in [2.75, 3.05) is 37.7 Å². The number of ether oxygens (including phenoxy) is 3. The van der Waals surface area contributed by atoms with Crippen LogP contribution < -0.4 is 24.4 Å². The maximum Gasteiger partial charge on any atom is 0.325 e. The molecule has 0 spiro atoms. The Morgan fingerprint density at radius 3 is 2.46 bits per heavy atom. The van der Waals surface area contributed by atoms with Crippen LogP contribution in [0.2, 0.25) is 0 Å². The van der Waals surface area contributed by atoms with E-state index in [-0.39, 0.29) is 18.5 Å². The van der Waals surface area contributed by atoms with Gasteiger partial charge in [-0.05, 0) is 35.4 Å². The summed E-state index contributed by atoms with van der Waals surface area (Å²) in [7, 11) is 0. The number of hydrogen-bond acceptors (Lipinski definition) is 5. The maximum atomic E-state index is 12.9. The molecule has 0 aliphatic carbocycles. The minimum Gasteiger partial charge on any atom is -0.489 e. The van der Waals surface area contributed by atoms with Crippen molar-refractivity contribution in [1.82, 2.24) is 10.2 Å². The molecule has 8 nitrogen and oxygen atoms in total. The Hall–Kier alpha value is -4.20. The molecule has 1 N–H and O–H groups in total. The Morgan fingerprint density at radius 2 is 1.66 bits per heavy atom. The first kappa shape index (κ1) is 22.6. The van der Waals surface area contributed by atoms with Crippen LogP contribution in [0, 0.1) is 0 Å². The lowest BCUT2D eigenvalue weighted by Gasteiger charge is -2.22. The summed E-state index contributed by atoms with van der Waals surface area (Å²) < 4.78 is 17.0. The number of nitrogens with one attached hydrogen (secondary N) is 1. The van der Waals surface area contributed by atoms with Gasteiger partial charge in [0.15, 0.2) is 11.5 Å².